The van der Waals surface area contributed by atoms with Crippen LogP contribution in [0.5, 0.6) is 0 Å². The summed E-state index contributed by atoms with van der Waals surface area (Å²) in [5.41, 5.74) is 5.68. The van der Waals surface area contributed by atoms with E-state index in [0.29, 0.717) is 0 Å². The summed E-state index contributed by atoms with van der Waals surface area (Å²) in [6.07, 6.45) is 4.21. The van der Waals surface area contributed by atoms with E-state index in [-0.39, 0.29) is 0 Å². The zero-order chi connectivity index (χ0) is 7.56. The monoisotopic (exact) mass is 141 g/mol. The minimum absolute atomic E-state index is 0.800. The number of rotatable bonds is 1. The Morgan fingerprint density at radius 1 is 1.20 bits per heavy atom. The lowest BCUT2D eigenvalue weighted by molar-refractivity contribution is 0.186. The molecule has 1 saturated carbocycles. The van der Waals surface area contributed by atoms with Crippen molar-refractivity contribution in [3.8, 4) is 0 Å². The zero-order valence-corrected chi connectivity index (χ0v) is 7.14. The standard InChI is InChI=1S/C9H19N/c1-7-4-3-5-8(2)9(7)6-10/h7-9H,3-6,10H2,1-2H3. The first-order valence-electron chi connectivity index (χ1n) is 4.45. The first kappa shape index (κ1) is 8.06. The van der Waals surface area contributed by atoms with Gasteiger partial charge in [-0.1, -0.05) is 33.1 Å². The largest absolute Gasteiger partial charge is 0.330 e. The Balaban J connectivity index is 2.45. The van der Waals surface area contributed by atoms with Crippen molar-refractivity contribution >= 4 is 0 Å². The average Bonchev–Trinajstić information content (AvgIpc) is 1.88. The van der Waals surface area contributed by atoms with E-state index in [4.69, 9.17) is 5.73 Å². The van der Waals surface area contributed by atoms with E-state index in [1.807, 2.05) is 0 Å². The molecule has 0 spiro atoms. The molecule has 10 heavy (non-hydrogen) atoms. The normalized spacial score (nSPS) is 41.7. The zero-order valence-electron chi connectivity index (χ0n) is 7.14. The van der Waals surface area contributed by atoms with Gasteiger partial charge in [-0.25, -0.2) is 0 Å². The van der Waals surface area contributed by atoms with Crippen LogP contribution in [0.2, 0.25) is 0 Å². The van der Waals surface area contributed by atoms with Crippen LogP contribution in [0.1, 0.15) is 33.1 Å². The predicted molar refractivity (Wildman–Crippen MR) is 44.7 cm³/mol. The fourth-order valence-electron chi connectivity index (χ4n) is 2.22. The first-order chi connectivity index (χ1) is 4.75. The van der Waals surface area contributed by atoms with Gasteiger partial charge in [0.05, 0.1) is 0 Å². The molecule has 1 rings (SSSR count). The molecule has 0 bridgehead atoms. The van der Waals surface area contributed by atoms with Crippen LogP contribution in [0, 0.1) is 17.8 Å². The highest BCUT2D eigenvalue weighted by molar-refractivity contribution is 4.77. The Bertz CT molecular complexity index is 90.9. The van der Waals surface area contributed by atoms with E-state index in [1.165, 1.54) is 19.3 Å². The maximum Gasteiger partial charge on any atom is -0.00438 e. The second-order valence-corrected chi connectivity index (χ2v) is 3.79. The summed E-state index contributed by atoms with van der Waals surface area (Å²) < 4.78 is 0. The molecule has 2 atom stereocenters. The second-order valence-electron chi connectivity index (χ2n) is 3.79. The molecule has 0 aliphatic heterocycles. The molecule has 2 N–H and O–H groups in total. The van der Waals surface area contributed by atoms with E-state index >= 15 is 0 Å². The van der Waals surface area contributed by atoms with E-state index < -0.39 is 0 Å². The highest BCUT2D eigenvalue weighted by Gasteiger charge is 2.25. The first-order valence-corrected chi connectivity index (χ1v) is 4.45. The van der Waals surface area contributed by atoms with Crippen molar-refractivity contribution in [3.05, 3.63) is 0 Å². The lowest BCUT2D eigenvalue weighted by atomic mass is 9.74. The van der Waals surface area contributed by atoms with Crippen LogP contribution in [0.25, 0.3) is 0 Å². The maximum atomic E-state index is 5.68. The molecule has 1 nitrogen and oxygen atoms in total. The molecule has 1 fully saturated rings. The summed E-state index contributed by atoms with van der Waals surface area (Å²) in [5, 5.41) is 0. The van der Waals surface area contributed by atoms with Crippen LogP contribution in [-0.4, -0.2) is 6.54 Å². The summed E-state index contributed by atoms with van der Waals surface area (Å²) in [4.78, 5) is 0. The average molecular weight is 141 g/mol. The van der Waals surface area contributed by atoms with E-state index in [1.54, 1.807) is 0 Å². The fraction of sp³-hybridized carbons (Fsp3) is 1.00. The van der Waals surface area contributed by atoms with Crippen molar-refractivity contribution in [3.63, 3.8) is 0 Å². The fourth-order valence-corrected chi connectivity index (χ4v) is 2.22. The van der Waals surface area contributed by atoms with Crippen LogP contribution in [0.4, 0.5) is 0 Å². The summed E-state index contributed by atoms with van der Waals surface area (Å²) in [7, 11) is 0. The van der Waals surface area contributed by atoms with E-state index in [9.17, 15) is 0 Å². The molecule has 0 aromatic heterocycles. The molecule has 0 aromatic rings. The van der Waals surface area contributed by atoms with Gasteiger partial charge in [-0.2, -0.15) is 0 Å². The molecule has 1 aliphatic rings. The molecule has 0 heterocycles. The van der Waals surface area contributed by atoms with Crippen molar-refractivity contribution in [1.29, 1.82) is 0 Å². The van der Waals surface area contributed by atoms with Crippen molar-refractivity contribution in [2.24, 2.45) is 23.5 Å². The van der Waals surface area contributed by atoms with Gasteiger partial charge in [-0.15, -0.1) is 0 Å². The molecular weight excluding hydrogens is 122 g/mol. The Kier molecular flexibility index (Phi) is 2.72. The van der Waals surface area contributed by atoms with Crippen molar-refractivity contribution < 1.29 is 0 Å². The molecule has 60 valence electrons. The Hall–Kier alpha value is -0.0400. The molecule has 0 amide bonds. The van der Waals surface area contributed by atoms with Crippen LogP contribution in [0.15, 0.2) is 0 Å². The van der Waals surface area contributed by atoms with Crippen LogP contribution >= 0.6 is 0 Å². The minimum atomic E-state index is 0.800. The van der Waals surface area contributed by atoms with Gasteiger partial charge in [0.1, 0.15) is 0 Å². The van der Waals surface area contributed by atoms with Crippen molar-refractivity contribution in [2.75, 3.05) is 6.54 Å². The predicted octanol–water partition coefficient (Wildman–Crippen LogP) is 2.02. The van der Waals surface area contributed by atoms with E-state index in [2.05, 4.69) is 13.8 Å². The molecular formula is C9H19N. The highest BCUT2D eigenvalue weighted by atomic mass is 14.6. The third-order valence-corrected chi connectivity index (χ3v) is 3.05. The molecule has 1 heteroatoms. The van der Waals surface area contributed by atoms with Gasteiger partial charge >= 0.3 is 0 Å². The number of hydrogen-bond donors (Lipinski definition) is 1. The summed E-state index contributed by atoms with van der Waals surface area (Å²) in [6.45, 7) is 5.57. The van der Waals surface area contributed by atoms with Crippen molar-refractivity contribution in [1.82, 2.24) is 0 Å². The Labute approximate surface area is 64.0 Å². The molecule has 0 saturated heterocycles. The van der Waals surface area contributed by atoms with Crippen molar-refractivity contribution in [2.45, 2.75) is 33.1 Å². The number of hydrogen-bond acceptors (Lipinski definition) is 1. The third-order valence-electron chi connectivity index (χ3n) is 3.05. The van der Waals surface area contributed by atoms with Crippen LogP contribution in [0.3, 0.4) is 0 Å². The molecule has 0 radical (unpaired) electrons. The third kappa shape index (κ3) is 1.51. The Morgan fingerprint density at radius 3 is 2.00 bits per heavy atom. The maximum absolute atomic E-state index is 5.68. The summed E-state index contributed by atoms with van der Waals surface area (Å²) in [6, 6.07) is 0. The minimum Gasteiger partial charge on any atom is -0.330 e. The highest BCUT2D eigenvalue weighted by Crippen LogP contribution is 2.33. The lowest BCUT2D eigenvalue weighted by Gasteiger charge is -2.33. The van der Waals surface area contributed by atoms with Gasteiger partial charge in [-0.05, 0) is 24.3 Å². The van der Waals surface area contributed by atoms with Gasteiger partial charge in [0.2, 0.25) is 0 Å². The molecule has 0 aromatic carbocycles. The van der Waals surface area contributed by atoms with Crippen LogP contribution in [-0.2, 0) is 0 Å². The lowest BCUT2D eigenvalue weighted by Crippen LogP contribution is -2.31. The number of nitrogens with two attached hydrogens (primary N) is 1. The van der Waals surface area contributed by atoms with E-state index in [0.717, 1.165) is 24.3 Å². The molecule has 2 unspecified atom stereocenters. The van der Waals surface area contributed by atoms with Gasteiger partial charge in [0.15, 0.2) is 0 Å². The van der Waals surface area contributed by atoms with Gasteiger partial charge in [0.25, 0.3) is 0 Å². The second kappa shape index (κ2) is 3.38. The van der Waals surface area contributed by atoms with Gasteiger partial charge in [0, 0.05) is 0 Å². The SMILES string of the molecule is CC1CCCC(C)C1CN. The smallest absolute Gasteiger partial charge is 0.00438 e. The Morgan fingerprint density at radius 2 is 1.70 bits per heavy atom. The topological polar surface area (TPSA) is 26.0 Å². The summed E-state index contributed by atoms with van der Waals surface area (Å²) >= 11 is 0. The van der Waals surface area contributed by atoms with Gasteiger partial charge in [-0.3, -0.25) is 0 Å². The van der Waals surface area contributed by atoms with Gasteiger partial charge < -0.3 is 5.73 Å². The summed E-state index contributed by atoms with van der Waals surface area (Å²) in [5.74, 6) is 2.54. The van der Waals surface area contributed by atoms with Crippen LogP contribution < -0.4 is 5.73 Å². The molecule has 1 aliphatic carbocycles. The quantitative estimate of drug-likeness (QED) is 0.594.